The number of rotatable bonds is 57. The van der Waals surface area contributed by atoms with Gasteiger partial charge in [-0.15, -0.1) is 0 Å². The van der Waals surface area contributed by atoms with Crippen molar-refractivity contribution in [3.63, 3.8) is 0 Å². The van der Waals surface area contributed by atoms with E-state index in [1.807, 2.05) is 0 Å². The molecule has 0 aliphatic carbocycles. The average molecular weight is 1040 g/mol. The molecule has 0 aromatic carbocycles. The van der Waals surface area contributed by atoms with E-state index in [1.165, 1.54) is 161 Å². The van der Waals surface area contributed by atoms with Gasteiger partial charge in [0.1, 0.15) is 13.2 Å². The van der Waals surface area contributed by atoms with Crippen LogP contribution in [-0.4, -0.2) is 37.2 Å². The Morgan fingerprint density at radius 3 is 0.840 bits per heavy atom. The van der Waals surface area contributed by atoms with Gasteiger partial charge >= 0.3 is 17.9 Å². The fraction of sp³-hybridized carbons (Fsp3) is 0.725. The molecule has 0 saturated carbocycles. The minimum Gasteiger partial charge on any atom is -0.462 e. The Morgan fingerprint density at radius 1 is 0.280 bits per heavy atom. The van der Waals surface area contributed by atoms with Crippen molar-refractivity contribution in [1.29, 1.82) is 0 Å². The fourth-order valence-corrected chi connectivity index (χ4v) is 8.83. The Hall–Kier alpha value is -3.67. The largest absolute Gasteiger partial charge is 0.462 e. The molecule has 75 heavy (non-hydrogen) atoms. The molecule has 0 bridgehead atoms. The molecule has 0 N–H and O–H groups in total. The highest BCUT2D eigenvalue weighted by Crippen LogP contribution is 2.16. The van der Waals surface area contributed by atoms with Crippen molar-refractivity contribution in [1.82, 2.24) is 0 Å². The summed E-state index contributed by atoms with van der Waals surface area (Å²) in [4.78, 5) is 38.3. The first-order valence-corrected chi connectivity index (χ1v) is 31.7. The number of allylic oxidation sites excluding steroid dienone is 16. The molecule has 1 unspecified atom stereocenters. The van der Waals surface area contributed by atoms with Crippen molar-refractivity contribution in [3.8, 4) is 0 Å². The molecule has 0 aromatic heterocycles. The summed E-state index contributed by atoms with van der Waals surface area (Å²) in [7, 11) is 0. The SMILES string of the molecule is CC/C=C\C/C=C\C/C=C\C/C=C\C/C=C\C/C=C\CCCCC(=O)OC(COC(=O)CCCCCCCCCCCCC/C=C\C/C=C\CCCCCCC)COC(=O)CCCCCCCCCCCCCCC. The fourth-order valence-electron chi connectivity index (χ4n) is 8.83. The summed E-state index contributed by atoms with van der Waals surface area (Å²) in [6.45, 7) is 6.50. The molecule has 6 heteroatoms. The molecule has 0 aromatic rings. The van der Waals surface area contributed by atoms with Gasteiger partial charge in [0.15, 0.2) is 6.10 Å². The molecule has 1 atom stereocenters. The van der Waals surface area contributed by atoms with Crippen molar-refractivity contribution < 1.29 is 28.6 Å². The summed E-state index contributed by atoms with van der Waals surface area (Å²) in [6, 6.07) is 0. The molecular formula is C69H118O6. The highest BCUT2D eigenvalue weighted by molar-refractivity contribution is 5.71. The molecule has 430 valence electrons. The van der Waals surface area contributed by atoms with Crippen LogP contribution in [0.3, 0.4) is 0 Å². The molecule has 0 saturated heterocycles. The molecule has 0 rings (SSSR count). The normalized spacial score (nSPS) is 12.7. The second-order valence-electron chi connectivity index (χ2n) is 20.9. The van der Waals surface area contributed by atoms with E-state index in [1.54, 1.807) is 0 Å². The van der Waals surface area contributed by atoms with Crippen LogP contribution in [0.25, 0.3) is 0 Å². The minimum atomic E-state index is -0.802. The van der Waals surface area contributed by atoms with E-state index in [9.17, 15) is 14.4 Å². The van der Waals surface area contributed by atoms with E-state index in [2.05, 4.69) is 118 Å². The number of ether oxygens (including phenoxy) is 3. The lowest BCUT2D eigenvalue weighted by Gasteiger charge is -2.18. The van der Waals surface area contributed by atoms with E-state index in [0.29, 0.717) is 19.3 Å². The Morgan fingerprint density at radius 2 is 0.520 bits per heavy atom. The van der Waals surface area contributed by atoms with E-state index in [0.717, 1.165) is 96.3 Å². The van der Waals surface area contributed by atoms with Crippen LogP contribution in [0, 0.1) is 0 Å². The van der Waals surface area contributed by atoms with Crippen LogP contribution >= 0.6 is 0 Å². The zero-order valence-corrected chi connectivity index (χ0v) is 49.3. The Balaban J connectivity index is 4.40. The van der Waals surface area contributed by atoms with Gasteiger partial charge in [-0.25, -0.2) is 0 Å². The Bertz CT molecular complexity index is 1480. The van der Waals surface area contributed by atoms with Gasteiger partial charge in [0.2, 0.25) is 0 Å². The van der Waals surface area contributed by atoms with Crippen molar-refractivity contribution in [2.45, 2.75) is 309 Å². The predicted octanol–water partition coefficient (Wildman–Crippen LogP) is 21.7. The van der Waals surface area contributed by atoms with Gasteiger partial charge in [-0.1, -0.05) is 279 Å². The van der Waals surface area contributed by atoms with Gasteiger partial charge in [0.05, 0.1) is 0 Å². The van der Waals surface area contributed by atoms with Gasteiger partial charge in [0.25, 0.3) is 0 Å². The van der Waals surface area contributed by atoms with Crippen molar-refractivity contribution in [2.75, 3.05) is 13.2 Å². The van der Waals surface area contributed by atoms with E-state index in [4.69, 9.17) is 14.2 Å². The molecular weight excluding hydrogens is 925 g/mol. The quantitative estimate of drug-likeness (QED) is 0.0261. The van der Waals surface area contributed by atoms with Crippen molar-refractivity contribution in [2.24, 2.45) is 0 Å². The van der Waals surface area contributed by atoms with Crippen LogP contribution in [0.5, 0.6) is 0 Å². The first-order chi connectivity index (χ1) is 37.0. The van der Waals surface area contributed by atoms with Crippen molar-refractivity contribution >= 4 is 17.9 Å². The molecule has 0 radical (unpaired) electrons. The topological polar surface area (TPSA) is 78.9 Å². The number of unbranched alkanes of at least 4 members (excludes halogenated alkanes) is 30. The molecule has 0 spiro atoms. The lowest BCUT2D eigenvalue weighted by molar-refractivity contribution is -0.167. The van der Waals surface area contributed by atoms with Crippen LogP contribution in [0.15, 0.2) is 97.2 Å². The summed E-state index contributed by atoms with van der Waals surface area (Å²) in [6.07, 6.45) is 84.1. The highest BCUT2D eigenvalue weighted by Gasteiger charge is 2.19. The Kier molecular flexibility index (Phi) is 59.8. The molecule has 6 nitrogen and oxygen atoms in total. The second kappa shape index (κ2) is 62.9. The summed E-state index contributed by atoms with van der Waals surface area (Å²) < 4.78 is 16.9. The van der Waals surface area contributed by atoms with Crippen LogP contribution < -0.4 is 0 Å². The molecule has 0 fully saturated rings. The Labute approximate surface area is 464 Å². The number of hydrogen-bond acceptors (Lipinski definition) is 6. The van der Waals surface area contributed by atoms with Crippen molar-refractivity contribution in [3.05, 3.63) is 97.2 Å². The van der Waals surface area contributed by atoms with Crippen LogP contribution in [-0.2, 0) is 28.6 Å². The summed E-state index contributed by atoms with van der Waals surface area (Å²) in [5, 5.41) is 0. The minimum absolute atomic E-state index is 0.0936. The predicted molar refractivity (Wildman–Crippen MR) is 325 cm³/mol. The maximum absolute atomic E-state index is 12.9. The van der Waals surface area contributed by atoms with Gasteiger partial charge in [0, 0.05) is 19.3 Å². The smallest absolute Gasteiger partial charge is 0.306 e. The first kappa shape index (κ1) is 71.3. The first-order valence-electron chi connectivity index (χ1n) is 31.7. The van der Waals surface area contributed by atoms with Crippen LogP contribution in [0.1, 0.15) is 303 Å². The monoisotopic (exact) mass is 1040 g/mol. The molecule has 0 aliphatic heterocycles. The van der Waals surface area contributed by atoms with E-state index < -0.39 is 6.10 Å². The zero-order chi connectivity index (χ0) is 54.3. The standard InChI is InChI=1S/C69H118O6/c1-4-7-10-13-16-19-22-25-27-29-31-33-34-36-37-39-41-44-47-50-53-56-59-62-68(71)74-65-66(64-73-67(70)61-58-55-52-49-46-43-24-21-18-15-12-9-6-3)75-69(72)63-60-57-54-51-48-45-42-40-38-35-32-30-28-26-23-20-17-14-11-8-5-2/h8,11,17,20,22,25-26,28-29,31-32,35,40,42,48,51,66H,4-7,9-10,12-16,18-19,21,23-24,27,30,33-34,36-39,41,43-47,49-50,52-65H2,1-3H3/b11-8-,20-17-,25-22-,28-26-,31-29-,35-32-,42-40-,51-48-. The second-order valence-corrected chi connectivity index (χ2v) is 20.9. The zero-order valence-electron chi connectivity index (χ0n) is 49.3. The maximum Gasteiger partial charge on any atom is 0.306 e. The summed E-state index contributed by atoms with van der Waals surface area (Å²) in [5.74, 6) is -0.930. The number of hydrogen-bond donors (Lipinski definition) is 0. The summed E-state index contributed by atoms with van der Waals surface area (Å²) in [5.41, 5.74) is 0. The summed E-state index contributed by atoms with van der Waals surface area (Å²) >= 11 is 0. The number of esters is 3. The third-order valence-corrected chi connectivity index (χ3v) is 13.6. The number of carbonyl (C=O) groups excluding carboxylic acids is 3. The molecule has 0 aliphatic rings. The molecule has 0 heterocycles. The van der Waals surface area contributed by atoms with Gasteiger partial charge in [-0.3, -0.25) is 14.4 Å². The van der Waals surface area contributed by atoms with E-state index >= 15 is 0 Å². The van der Waals surface area contributed by atoms with Gasteiger partial charge < -0.3 is 14.2 Å². The average Bonchev–Trinajstić information content (AvgIpc) is 3.41. The van der Waals surface area contributed by atoms with Crippen LogP contribution in [0.2, 0.25) is 0 Å². The van der Waals surface area contributed by atoms with Gasteiger partial charge in [-0.2, -0.15) is 0 Å². The third-order valence-electron chi connectivity index (χ3n) is 13.6. The van der Waals surface area contributed by atoms with E-state index in [-0.39, 0.29) is 37.5 Å². The van der Waals surface area contributed by atoms with Crippen LogP contribution in [0.4, 0.5) is 0 Å². The maximum atomic E-state index is 12.9. The van der Waals surface area contributed by atoms with Gasteiger partial charge in [-0.05, 0) is 103 Å². The number of carbonyl (C=O) groups is 3. The molecule has 0 amide bonds. The highest BCUT2D eigenvalue weighted by atomic mass is 16.6. The lowest BCUT2D eigenvalue weighted by Crippen LogP contribution is -2.30. The lowest BCUT2D eigenvalue weighted by atomic mass is 10.0. The third kappa shape index (κ3) is 61.1.